The van der Waals surface area contributed by atoms with Crippen LogP contribution in [-0.2, 0) is 35.3 Å². The van der Waals surface area contributed by atoms with E-state index in [0.29, 0.717) is 5.56 Å². The molecule has 0 spiro atoms. The molecule has 144 valence electrons. The van der Waals surface area contributed by atoms with Gasteiger partial charge >= 0.3 is 0 Å². The molecule has 0 bridgehead atoms. The van der Waals surface area contributed by atoms with Gasteiger partial charge in [-0.1, -0.05) is 17.3 Å². The topological polar surface area (TPSA) is 67.6 Å². The Morgan fingerprint density at radius 3 is 3.00 bits per heavy atom. The summed E-state index contributed by atoms with van der Waals surface area (Å²) in [5.74, 6) is 0.536. The molecule has 1 N–H and O–H groups in total. The zero-order valence-corrected chi connectivity index (χ0v) is 15.2. The second kappa shape index (κ2) is 8.19. The average Bonchev–Trinajstić information content (AvgIpc) is 3.05. The smallest absolute Gasteiger partial charge is 0.224 e. The van der Waals surface area contributed by atoms with Crippen molar-refractivity contribution >= 4 is 5.91 Å². The van der Waals surface area contributed by atoms with Gasteiger partial charge in [0.2, 0.25) is 5.91 Å². The van der Waals surface area contributed by atoms with Gasteiger partial charge in [0.1, 0.15) is 17.3 Å². The molecule has 4 rings (SSSR count). The van der Waals surface area contributed by atoms with Crippen molar-refractivity contribution in [2.45, 2.75) is 38.3 Å². The van der Waals surface area contributed by atoms with E-state index in [-0.39, 0.29) is 24.2 Å². The maximum Gasteiger partial charge on any atom is 0.224 e. The van der Waals surface area contributed by atoms with Crippen molar-refractivity contribution in [3.8, 4) is 0 Å². The highest BCUT2D eigenvalue weighted by Crippen LogP contribution is 2.26. The first-order chi connectivity index (χ1) is 13.2. The Balaban J connectivity index is 1.36. The van der Waals surface area contributed by atoms with E-state index in [0.717, 1.165) is 69.1 Å². The number of halogens is 1. The van der Waals surface area contributed by atoms with Crippen molar-refractivity contribution in [1.82, 2.24) is 15.4 Å². The molecule has 1 aliphatic carbocycles. The van der Waals surface area contributed by atoms with Crippen LogP contribution in [0.5, 0.6) is 0 Å². The lowest BCUT2D eigenvalue weighted by Crippen LogP contribution is -2.40. The molecule has 2 aliphatic rings. The van der Waals surface area contributed by atoms with Crippen LogP contribution >= 0.6 is 0 Å². The minimum atomic E-state index is -0.320. The molecule has 1 amide bonds. The lowest BCUT2D eigenvalue weighted by Gasteiger charge is -2.27. The van der Waals surface area contributed by atoms with E-state index in [9.17, 15) is 9.18 Å². The zero-order chi connectivity index (χ0) is 18.6. The van der Waals surface area contributed by atoms with Gasteiger partial charge in [0.15, 0.2) is 0 Å². The number of hydrogen-bond acceptors (Lipinski definition) is 5. The normalized spacial score (nSPS) is 20.3. The highest BCUT2D eigenvalue weighted by molar-refractivity contribution is 5.78. The van der Waals surface area contributed by atoms with Crippen LogP contribution in [0, 0.1) is 5.82 Å². The predicted octanol–water partition coefficient (Wildman–Crippen LogP) is 1.86. The molecule has 0 saturated carbocycles. The largest absolute Gasteiger partial charge is 0.379 e. The van der Waals surface area contributed by atoms with Crippen molar-refractivity contribution in [3.05, 3.63) is 52.7 Å². The molecule has 1 unspecified atom stereocenters. The molecular formula is C20H24FN3O3. The molecule has 1 aromatic heterocycles. The van der Waals surface area contributed by atoms with Crippen molar-refractivity contribution in [1.29, 1.82) is 0 Å². The molecule has 1 saturated heterocycles. The van der Waals surface area contributed by atoms with Crippen LogP contribution in [-0.4, -0.2) is 48.3 Å². The number of nitrogens with zero attached hydrogens (tertiary/aromatic N) is 2. The lowest BCUT2D eigenvalue weighted by atomic mass is 9.91. The summed E-state index contributed by atoms with van der Waals surface area (Å²) in [5.41, 5.74) is 2.78. The molecule has 1 fully saturated rings. The molecule has 0 radical (unpaired) electrons. The fourth-order valence-electron chi connectivity index (χ4n) is 3.79. The standard InChI is InChI=1S/C20H24FN3O3/c21-15-3-1-2-14(10-15)11-20(25)22-16-4-5-19-17(12-16)18(23-27-19)13-24-6-8-26-9-7-24/h1-3,10,16H,4-9,11-13H2,(H,22,25). The highest BCUT2D eigenvalue weighted by atomic mass is 19.1. The minimum Gasteiger partial charge on any atom is -0.379 e. The third-order valence-electron chi connectivity index (χ3n) is 5.22. The van der Waals surface area contributed by atoms with Gasteiger partial charge in [0.05, 0.1) is 19.6 Å². The third-order valence-corrected chi connectivity index (χ3v) is 5.22. The number of hydrogen-bond donors (Lipinski definition) is 1. The SMILES string of the molecule is O=C(Cc1cccc(F)c1)NC1CCc2onc(CN3CCOCC3)c2C1. The van der Waals surface area contributed by atoms with Gasteiger partial charge in [0.25, 0.3) is 0 Å². The van der Waals surface area contributed by atoms with Crippen LogP contribution in [0.25, 0.3) is 0 Å². The number of fused-ring (bicyclic) bond motifs is 1. The Morgan fingerprint density at radius 2 is 2.19 bits per heavy atom. The summed E-state index contributed by atoms with van der Waals surface area (Å²) in [6.07, 6.45) is 2.52. The molecule has 2 heterocycles. The molecular weight excluding hydrogens is 349 g/mol. The van der Waals surface area contributed by atoms with Crippen molar-refractivity contribution in [2.75, 3.05) is 26.3 Å². The Morgan fingerprint density at radius 1 is 1.33 bits per heavy atom. The molecule has 7 heteroatoms. The van der Waals surface area contributed by atoms with Gasteiger partial charge in [-0.15, -0.1) is 0 Å². The fourth-order valence-corrected chi connectivity index (χ4v) is 3.79. The summed E-state index contributed by atoms with van der Waals surface area (Å²) in [7, 11) is 0. The molecule has 27 heavy (non-hydrogen) atoms. The molecule has 6 nitrogen and oxygen atoms in total. The number of carbonyl (C=O) groups excluding carboxylic acids is 1. The van der Waals surface area contributed by atoms with Gasteiger partial charge in [-0.05, 0) is 30.5 Å². The molecule has 1 atom stereocenters. The van der Waals surface area contributed by atoms with Crippen molar-refractivity contribution in [2.24, 2.45) is 0 Å². The number of aromatic nitrogens is 1. The van der Waals surface area contributed by atoms with Gasteiger partial charge in [-0.3, -0.25) is 9.69 Å². The van der Waals surface area contributed by atoms with Gasteiger partial charge < -0.3 is 14.6 Å². The van der Waals surface area contributed by atoms with E-state index in [1.807, 2.05) is 0 Å². The van der Waals surface area contributed by atoms with E-state index in [2.05, 4.69) is 15.4 Å². The summed E-state index contributed by atoms with van der Waals surface area (Å²) in [5, 5.41) is 7.36. The fraction of sp³-hybridized carbons (Fsp3) is 0.500. The minimum absolute atomic E-state index is 0.0569. The summed E-state index contributed by atoms with van der Waals surface area (Å²) >= 11 is 0. The van der Waals surface area contributed by atoms with E-state index in [1.54, 1.807) is 12.1 Å². The lowest BCUT2D eigenvalue weighted by molar-refractivity contribution is -0.121. The van der Waals surface area contributed by atoms with E-state index < -0.39 is 0 Å². The van der Waals surface area contributed by atoms with Crippen LogP contribution < -0.4 is 5.32 Å². The number of benzene rings is 1. The summed E-state index contributed by atoms with van der Waals surface area (Å²) < 4.78 is 24.2. The van der Waals surface area contributed by atoms with E-state index in [4.69, 9.17) is 9.26 Å². The first-order valence-electron chi connectivity index (χ1n) is 9.47. The van der Waals surface area contributed by atoms with Gasteiger partial charge in [0, 0.05) is 37.7 Å². The Kier molecular flexibility index (Phi) is 5.50. The first kappa shape index (κ1) is 18.1. The molecule has 2 aromatic rings. The Bertz CT molecular complexity index is 802. The molecule has 1 aromatic carbocycles. The number of morpholine rings is 1. The maximum absolute atomic E-state index is 13.3. The van der Waals surface area contributed by atoms with E-state index in [1.165, 1.54) is 12.1 Å². The summed E-state index contributed by atoms with van der Waals surface area (Å²) in [6, 6.07) is 6.23. The second-order valence-electron chi connectivity index (χ2n) is 7.23. The number of rotatable bonds is 5. The maximum atomic E-state index is 13.3. The third kappa shape index (κ3) is 4.54. The predicted molar refractivity (Wildman–Crippen MR) is 96.7 cm³/mol. The van der Waals surface area contributed by atoms with Crippen LogP contribution in [0.15, 0.2) is 28.8 Å². The van der Waals surface area contributed by atoms with Crippen LogP contribution in [0.1, 0.15) is 29.0 Å². The number of ether oxygens (including phenoxy) is 1. The van der Waals surface area contributed by atoms with Crippen molar-refractivity contribution in [3.63, 3.8) is 0 Å². The average molecular weight is 373 g/mol. The zero-order valence-electron chi connectivity index (χ0n) is 15.2. The van der Waals surface area contributed by atoms with Gasteiger partial charge in [-0.2, -0.15) is 0 Å². The van der Waals surface area contributed by atoms with Crippen LogP contribution in [0.3, 0.4) is 0 Å². The van der Waals surface area contributed by atoms with E-state index >= 15 is 0 Å². The van der Waals surface area contributed by atoms with Crippen LogP contribution in [0.4, 0.5) is 4.39 Å². The number of carbonyl (C=O) groups is 1. The second-order valence-corrected chi connectivity index (χ2v) is 7.23. The van der Waals surface area contributed by atoms with Gasteiger partial charge in [-0.25, -0.2) is 4.39 Å². The monoisotopic (exact) mass is 373 g/mol. The number of nitrogens with one attached hydrogen (secondary N) is 1. The summed E-state index contributed by atoms with van der Waals surface area (Å²) in [6.45, 7) is 4.05. The Hall–Kier alpha value is -2.25. The summed E-state index contributed by atoms with van der Waals surface area (Å²) in [4.78, 5) is 14.7. The Labute approximate surface area is 157 Å². The highest BCUT2D eigenvalue weighted by Gasteiger charge is 2.27. The van der Waals surface area contributed by atoms with Crippen LogP contribution in [0.2, 0.25) is 0 Å². The quantitative estimate of drug-likeness (QED) is 0.867. The first-order valence-corrected chi connectivity index (χ1v) is 9.47. The number of aryl methyl sites for hydroxylation is 1. The molecule has 1 aliphatic heterocycles. The van der Waals surface area contributed by atoms with Crippen molar-refractivity contribution < 1.29 is 18.4 Å². The number of amides is 1.